The van der Waals surface area contributed by atoms with Crippen LogP contribution in [0.25, 0.3) is 11.5 Å². The lowest BCUT2D eigenvalue weighted by molar-refractivity contribution is 0.421. The predicted molar refractivity (Wildman–Crippen MR) is 122 cm³/mol. The van der Waals surface area contributed by atoms with Gasteiger partial charge in [-0.15, -0.1) is 0 Å². The molecular weight excluding hydrogens is 394 g/mol. The molecule has 0 aliphatic rings. The highest BCUT2D eigenvalue weighted by atomic mass is 35.5. The van der Waals surface area contributed by atoms with Crippen LogP contribution in [0.3, 0.4) is 0 Å². The van der Waals surface area contributed by atoms with Crippen LogP contribution in [0, 0.1) is 0 Å². The lowest BCUT2D eigenvalue weighted by atomic mass is 9.99. The lowest BCUT2D eigenvalue weighted by Crippen LogP contribution is -2.01. The Bertz CT molecular complexity index is 891. The molecule has 0 aliphatic carbocycles. The molecule has 5 heteroatoms. The van der Waals surface area contributed by atoms with Gasteiger partial charge in [-0.1, -0.05) is 80.1 Å². The van der Waals surface area contributed by atoms with Crippen molar-refractivity contribution in [3.8, 4) is 11.5 Å². The van der Waals surface area contributed by atoms with Crippen LogP contribution in [-0.4, -0.2) is 10.1 Å². The number of nitrogens with one attached hydrogen (secondary N) is 1. The van der Waals surface area contributed by atoms with Gasteiger partial charge in [0, 0.05) is 23.0 Å². The molecule has 1 unspecified atom stereocenters. The smallest absolute Gasteiger partial charge is 0.257 e. The van der Waals surface area contributed by atoms with Gasteiger partial charge in [-0.25, -0.2) is 5.73 Å². The molecule has 0 saturated carbocycles. The summed E-state index contributed by atoms with van der Waals surface area (Å²) in [5.74, 6) is 1.34. The summed E-state index contributed by atoms with van der Waals surface area (Å²) in [5, 5.41) is 4.86. The topological polar surface area (TPSA) is 62.7 Å². The number of hydrogen-bond donors (Lipinski definition) is 0. The third kappa shape index (κ3) is 6.96. The number of unbranched alkanes of at least 4 members (excludes halogenated alkanes) is 5. The van der Waals surface area contributed by atoms with Crippen LogP contribution in [0.4, 0.5) is 0 Å². The fourth-order valence-corrected chi connectivity index (χ4v) is 3.78. The van der Waals surface area contributed by atoms with E-state index in [0.717, 1.165) is 47.7 Å². The van der Waals surface area contributed by atoms with Crippen molar-refractivity contribution in [2.75, 3.05) is 0 Å². The minimum atomic E-state index is -0.274. The molecule has 3 aromatic rings. The van der Waals surface area contributed by atoms with E-state index >= 15 is 0 Å². The highest BCUT2D eigenvalue weighted by molar-refractivity contribution is 6.30. The minimum Gasteiger partial charge on any atom is -0.334 e. The summed E-state index contributed by atoms with van der Waals surface area (Å²) in [6.07, 6.45) is 9.98. The Labute approximate surface area is 184 Å². The second kappa shape index (κ2) is 11.9. The van der Waals surface area contributed by atoms with Crippen molar-refractivity contribution in [2.24, 2.45) is 0 Å². The van der Waals surface area contributed by atoms with Crippen molar-refractivity contribution >= 4 is 11.6 Å². The molecule has 0 spiro atoms. The molecule has 0 aliphatic heterocycles. The maximum Gasteiger partial charge on any atom is 0.257 e. The molecule has 1 heterocycles. The van der Waals surface area contributed by atoms with Crippen molar-refractivity contribution in [3.05, 3.63) is 70.5 Å². The summed E-state index contributed by atoms with van der Waals surface area (Å²) in [6.45, 7) is 2.23. The van der Waals surface area contributed by atoms with E-state index in [2.05, 4.69) is 23.1 Å². The molecule has 0 saturated heterocycles. The van der Waals surface area contributed by atoms with Gasteiger partial charge in [0.2, 0.25) is 0 Å². The summed E-state index contributed by atoms with van der Waals surface area (Å²) in [6, 6.07) is 15.5. The van der Waals surface area contributed by atoms with Gasteiger partial charge in [0.1, 0.15) is 0 Å². The van der Waals surface area contributed by atoms with E-state index in [0.29, 0.717) is 5.89 Å². The minimum absolute atomic E-state index is 0.274. The predicted octanol–water partition coefficient (Wildman–Crippen LogP) is 7.25. The summed E-state index contributed by atoms with van der Waals surface area (Å²) >= 11 is 6.04. The van der Waals surface area contributed by atoms with Gasteiger partial charge < -0.3 is 4.52 Å². The average molecular weight is 425 g/mol. The Balaban J connectivity index is 1.48. The van der Waals surface area contributed by atoms with Crippen molar-refractivity contribution in [1.82, 2.24) is 15.9 Å². The van der Waals surface area contributed by atoms with E-state index in [4.69, 9.17) is 21.9 Å². The first-order valence-corrected chi connectivity index (χ1v) is 11.4. The SMILES string of the molecule is CCCCCCCCc1noc(-c2ccc(C([NH])CCc3cccc(Cl)c3)cc2)n1. The molecule has 159 valence electrons. The van der Waals surface area contributed by atoms with Gasteiger partial charge in [0.05, 0.1) is 0 Å². The van der Waals surface area contributed by atoms with Gasteiger partial charge in [0.15, 0.2) is 5.82 Å². The summed E-state index contributed by atoms with van der Waals surface area (Å²) in [7, 11) is 0. The Morgan fingerprint density at radius 1 is 0.967 bits per heavy atom. The van der Waals surface area contributed by atoms with Crippen molar-refractivity contribution in [2.45, 2.75) is 70.8 Å². The first-order chi connectivity index (χ1) is 14.7. The molecule has 1 atom stereocenters. The van der Waals surface area contributed by atoms with Crippen LogP contribution >= 0.6 is 11.6 Å². The molecule has 1 radical (unpaired) electrons. The zero-order chi connectivity index (χ0) is 21.2. The largest absolute Gasteiger partial charge is 0.334 e. The zero-order valence-electron chi connectivity index (χ0n) is 17.7. The molecule has 1 N–H and O–H groups in total. The van der Waals surface area contributed by atoms with Crippen LogP contribution in [0.2, 0.25) is 5.02 Å². The Hall–Kier alpha value is -2.17. The number of aryl methyl sites for hydroxylation is 2. The van der Waals surface area contributed by atoms with Crippen LogP contribution in [0.15, 0.2) is 53.1 Å². The molecule has 3 rings (SSSR count). The number of benzene rings is 2. The molecular formula is C25H31ClN3O. The van der Waals surface area contributed by atoms with Gasteiger partial charge in [-0.3, -0.25) is 0 Å². The second-order valence-electron chi connectivity index (χ2n) is 7.88. The van der Waals surface area contributed by atoms with Crippen molar-refractivity contribution < 1.29 is 4.52 Å². The number of rotatable bonds is 12. The van der Waals surface area contributed by atoms with E-state index in [1.54, 1.807) is 0 Å². The van der Waals surface area contributed by atoms with E-state index < -0.39 is 0 Å². The Morgan fingerprint density at radius 3 is 2.50 bits per heavy atom. The first-order valence-electron chi connectivity index (χ1n) is 11.0. The Morgan fingerprint density at radius 2 is 1.73 bits per heavy atom. The Kier molecular flexibility index (Phi) is 8.91. The van der Waals surface area contributed by atoms with Gasteiger partial charge >= 0.3 is 0 Å². The van der Waals surface area contributed by atoms with Gasteiger partial charge in [-0.2, -0.15) is 4.98 Å². The molecule has 2 aromatic carbocycles. The summed E-state index contributed by atoms with van der Waals surface area (Å²) in [5.41, 5.74) is 11.5. The molecule has 0 amide bonds. The monoisotopic (exact) mass is 424 g/mol. The molecule has 4 nitrogen and oxygen atoms in total. The average Bonchev–Trinajstić information content (AvgIpc) is 3.23. The van der Waals surface area contributed by atoms with E-state index in [1.165, 1.54) is 37.7 Å². The normalized spacial score (nSPS) is 12.2. The van der Waals surface area contributed by atoms with Crippen LogP contribution in [0.1, 0.15) is 74.9 Å². The lowest BCUT2D eigenvalue weighted by Gasteiger charge is -2.11. The van der Waals surface area contributed by atoms with Crippen LogP contribution in [-0.2, 0) is 12.8 Å². The van der Waals surface area contributed by atoms with Gasteiger partial charge in [-0.05, 0) is 54.7 Å². The number of aromatic nitrogens is 2. The molecule has 0 bridgehead atoms. The van der Waals surface area contributed by atoms with Crippen molar-refractivity contribution in [1.29, 1.82) is 0 Å². The highest BCUT2D eigenvalue weighted by Crippen LogP contribution is 2.24. The zero-order valence-corrected chi connectivity index (χ0v) is 18.5. The van der Waals surface area contributed by atoms with Crippen LogP contribution < -0.4 is 5.73 Å². The maximum atomic E-state index is 8.45. The van der Waals surface area contributed by atoms with Crippen LogP contribution in [0.5, 0.6) is 0 Å². The highest BCUT2D eigenvalue weighted by Gasteiger charge is 2.11. The van der Waals surface area contributed by atoms with E-state index in [-0.39, 0.29) is 6.04 Å². The number of halogens is 1. The quantitative estimate of drug-likeness (QED) is 0.287. The fraction of sp³-hybridized carbons (Fsp3) is 0.440. The standard InChI is InChI=1S/C25H31ClN3O/c1-2-3-4-5-6-7-11-24-28-25(30-29-24)21-15-13-20(14-16-21)23(27)17-12-19-9-8-10-22(26)18-19/h8-10,13-16,18,23,27H,2-7,11-12,17H2,1H3. The third-order valence-electron chi connectivity index (χ3n) is 5.39. The fourth-order valence-electron chi connectivity index (χ4n) is 3.56. The number of hydrogen-bond acceptors (Lipinski definition) is 3. The third-order valence-corrected chi connectivity index (χ3v) is 5.63. The molecule has 1 aromatic heterocycles. The number of nitrogens with zero attached hydrogens (tertiary/aromatic N) is 2. The molecule has 0 fully saturated rings. The summed E-state index contributed by atoms with van der Waals surface area (Å²) in [4.78, 5) is 4.54. The second-order valence-corrected chi connectivity index (χ2v) is 8.31. The summed E-state index contributed by atoms with van der Waals surface area (Å²) < 4.78 is 5.44. The first kappa shape index (κ1) is 22.5. The van der Waals surface area contributed by atoms with Crippen molar-refractivity contribution in [3.63, 3.8) is 0 Å². The maximum absolute atomic E-state index is 8.45. The van der Waals surface area contributed by atoms with E-state index in [9.17, 15) is 0 Å². The molecule has 30 heavy (non-hydrogen) atoms. The van der Waals surface area contributed by atoms with E-state index in [1.807, 2.05) is 42.5 Å². The van der Waals surface area contributed by atoms with Gasteiger partial charge in [0.25, 0.3) is 5.89 Å².